The number of amides is 1. The fraction of sp³-hybridized carbons (Fsp3) is 0.417. The summed E-state index contributed by atoms with van der Waals surface area (Å²) in [5.74, 6) is -0.0225. The van der Waals surface area contributed by atoms with Crippen molar-refractivity contribution in [1.82, 2.24) is 10.2 Å². The van der Waals surface area contributed by atoms with Gasteiger partial charge in [0.15, 0.2) is 0 Å². The highest BCUT2D eigenvalue weighted by atomic mass is 35.5. The number of halogens is 2. The number of rotatable bonds is 4. The minimum Gasteiger partial charge on any atom is -0.358 e. The first kappa shape index (κ1) is 14.3. The molecule has 1 aromatic rings. The largest absolute Gasteiger partial charge is 0.358 e. The molecule has 1 atom stereocenters. The van der Waals surface area contributed by atoms with Crippen LogP contribution >= 0.6 is 23.2 Å². The van der Waals surface area contributed by atoms with E-state index in [0.29, 0.717) is 16.6 Å². The number of nitrogens with one attached hydrogen (secondary N) is 1. The highest BCUT2D eigenvalue weighted by Gasteiger charge is 2.17. The monoisotopic (exact) mass is 274 g/mol. The lowest BCUT2D eigenvalue weighted by Gasteiger charge is -2.23. The molecular formula is C12H16Cl2N2O. The van der Waals surface area contributed by atoms with Crippen molar-refractivity contribution in [2.24, 2.45) is 0 Å². The van der Waals surface area contributed by atoms with Crippen molar-refractivity contribution < 1.29 is 4.79 Å². The molecule has 5 heteroatoms. The van der Waals surface area contributed by atoms with E-state index in [1.165, 1.54) is 0 Å². The number of carbonyl (C=O) groups excluding carboxylic acids is 1. The summed E-state index contributed by atoms with van der Waals surface area (Å²) >= 11 is 12.0. The molecule has 0 unspecified atom stereocenters. The van der Waals surface area contributed by atoms with Crippen LogP contribution in [0.15, 0.2) is 18.2 Å². The van der Waals surface area contributed by atoms with Gasteiger partial charge in [-0.1, -0.05) is 35.3 Å². The zero-order chi connectivity index (χ0) is 13.0. The molecule has 0 aliphatic rings. The third-order valence-corrected chi connectivity index (χ3v) is 3.60. The van der Waals surface area contributed by atoms with Crippen LogP contribution in [0.3, 0.4) is 0 Å². The molecule has 0 saturated heterocycles. The molecule has 1 aromatic carbocycles. The summed E-state index contributed by atoms with van der Waals surface area (Å²) in [6.07, 6.45) is 0. The van der Waals surface area contributed by atoms with Gasteiger partial charge in [-0.3, -0.25) is 9.69 Å². The summed E-state index contributed by atoms with van der Waals surface area (Å²) in [5.41, 5.74) is 0.914. The van der Waals surface area contributed by atoms with Gasteiger partial charge in [0.05, 0.1) is 16.1 Å². The maximum atomic E-state index is 11.5. The van der Waals surface area contributed by atoms with E-state index in [9.17, 15) is 4.79 Å². The van der Waals surface area contributed by atoms with Gasteiger partial charge in [0.2, 0.25) is 5.91 Å². The first-order valence-electron chi connectivity index (χ1n) is 5.32. The molecule has 0 aromatic heterocycles. The van der Waals surface area contributed by atoms with Gasteiger partial charge in [-0.15, -0.1) is 0 Å². The van der Waals surface area contributed by atoms with E-state index in [2.05, 4.69) is 5.32 Å². The summed E-state index contributed by atoms with van der Waals surface area (Å²) in [5, 5.41) is 3.70. The Hall–Kier alpha value is -0.770. The molecule has 0 saturated carbocycles. The molecule has 17 heavy (non-hydrogen) atoms. The number of benzene rings is 1. The standard InChI is InChI=1S/C12H16Cl2N2O/c1-8(12(17)15-2)16(3)7-9-5-4-6-10(13)11(9)14/h4-6,8H,7H2,1-3H3,(H,15,17)/t8-/m1/s1. The Morgan fingerprint density at radius 2 is 2.12 bits per heavy atom. The minimum atomic E-state index is -0.213. The lowest BCUT2D eigenvalue weighted by atomic mass is 10.2. The molecule has 0 heterocycles. The molecule has 94 valence electrons. The summed E-state index contributed by atoms with van der Waals surface area (Å²) in [6.45, 7) is 2.42. The molecule has 0 aliphatic carbocycles. The van der Waals surface area contributed by atoms with Crippen molar-refractivity contribution in [2.75, 3.05) is 14.1 Å². The second-order valence-corrected chi connectivity index (χ2v) is 4.70. The summed E-state index contributed by atoms with van der Waals surface area (Å²) in [7, 11) is 3.50. The van der Waals surface area contributed by atoms with Crippen LogP contribution < -0.4 is 5.32 Å². The molecular weight excluding hydrogens is 259 g/mol. The third-order valence-electron chi connectivity index (χ3n) is 2.74. The predicted octanol–water partition coefficient (Wildman–Crippen LogP) is 2.56. The third kappa shape index (κ3) is 3.60. The molecule has 1 amide bonds. The Balaban J connectivity index is 2.77. The van der Waals surface area contributed by atoms with Crippen molar-refractivity contribution in [2.45, 2.75) is 19.5 Å². The molecule has 0 spiro atoms. The second-order valence-electron chi connectivity index (χ2n) is 3.92. The normalized spacial score (nSPS) is 12.6. The second kappa shape index (κ2) is 6.24. The SMILES string of the molecule is CNC(=O)[C@@H](C)N(C)Cc1cccc(Cl)c1Cl. The predicted molar refractivity (Wildman–Crippen MR) is 71.5 cm³/mol. The Morgan fingerprint density at radius 1 is 1.47 bits per heavy atom. The molecule has 1 rings (SSSR count). The maximum Gasteiger partial charge on any atom is 0.236 e. The van der Waals surface area contributed by atoms with Crippen LogP contribution in [0.5, 0.6) is 0 Å². The maximum absolute atomic E-state index is 11.5. The van der Waals surface area contributed by atoms with Crippen LogP contribution in [0, 0.1) is 0 Å². The van der Waals surface area contributed by atoms with E-state index in [4.69, 9.17) is 23.2 Å². The fourth-order valence-corrected chi connectivity index (χ4v) is 1.87. The Labute approximate surface area is 112 Å². The number of nitrogens with zero attached hydrogens (tertiary/aromatic N) is 1. The van der Waals surface area contributed by atoms with Gasteiger partial charge < -0.3 is 5.32 Å². The van der Waals surface area contributed by atoms with E-state index < -0.39 is 0 Å². The smallest absolute Gasteiger partial charge is 0.236 e. The molecule has 3 nitrogen and oxygen atoms in total. The van der Waals surface area contributed by atoms with E-state index in [1.807, 2.05) is 31.0 Å². The van der Waals surface area contributed by atoms with Crippen LogP contribution in [0.1, 0.15) is 12.5 Å². The molecule has 0 aliphatic heterocycles. The van der Waals surface area contributed by atoms with Crippen LogP contribution in [-0.4, -0.2) is 30.9 Å². The van der Waals surface area contributed by atoms with Crippen molar-refractivity contribution in [3.63, 3.8) is 0 Å². The molecule has 1 N–H and O–H groups in total. The van der Waals surface area contributed by atoms with E-state index in [-0.39, 0.29) is 11.9 Å². The number of hydrogen-bond donors (Lipinski definition) is 1. The lowest BCUT2D eigenvalue weighted by molar-refractivity contribution is -0.125. The van der Waals surface area contributed by atoms with Gasteiger partial charge in [0.1, 0.15) is 0 Å². The molecule has 0 fully saturated rings. The highest BCUT2D eigenvalue weighted by molar-refractivity contribution is 6.42. The topological polar surface area (TPSA) is 32.3 Å². The van der Waals surface area contributed by atoms with Crippen molar-refractivity contribution in [3.05, 3.63) is 33.8 Å². The van der Waals surface area contributed by atoms with Crippen molar-refractivity contribution >= 4 is 29.1 Å². The van der Waals surface area contributed by atoms with Crippen LogP contribution in [-0.2, 0) is 11.3 Å². The van der Waals surface area contributed by atoms with Gasteiger partial charge in [-0.05, 0) is 25.6 Å². The minimum absolute atomic E-state index is 0.0225. The van der Waals surface area contributed by atoms with E-state index in [0.717, 1.165) is 5.56 Å². The summed E-state index contributed by atoms with van der Waals surface area (Å²) in [6, 6.07) is 5.29. The van der Waals surface area contributed by atoms with Crippen molar-refractivity contribution in [3.8, 4) is 0 Å². The number of likely N-dealkylation sites (N-methyl/N-ethyl adjacent to an activating group) is 2. The molecule has 0 radical (unpaired) electrons. The number of hydrogen-bond acceptors (Lipinski definition) is 2. The van der Waals surface area contributed by atoms with Gasteiger partial charge >= 0.3 is 0 Å². The Morgan fingerprint density at radius 3 is 2.71 bits per heavy atom. The van der Waals surface area contributed by atoms with E-state index >= 15 is 0 Å². The zero-order valence-corrected chi connectivity index (χ0v) is 11.6. The Kier molecular flexibility index (Phi) is 5.25. The summed E-state index contributed by atoms with van der Waals surface area (Å²) in [4.78, 5) is 13.4. The van der Waals surface area contributed by atoms with Gasteiger partial charge in [-0.25, -0.2) is 0 Å². The van der Waals surface area contributed by atoms with Crippen LogP contribution in [0.2, 0.25) is 10.0 Å². The average Bonchev–Trinajstić information content (AvgIpc) is 2.32. The fourth-order valence-electron chi connectivity index (χ4n) is 1.49. The first-order chi connectivity index (χ1) is 7.97. The molecule has 0 bridgehead atoms. The van der Waals surface area contributed by atoms with Gasteiger partial charge in [0.25, 0.3) is 0 Å². The van der Waals surface area contributed by atoms with E-state index in [1.54, 1.807) is 13.1 Å². The summed E-state index contributed by atoms with van der Waals surface area (Å²) < 4.78 is 0. The lowest BCUT2D eigenvalue weighted by Crippen LogP contribution is -2.41. The Bertz CT molecular complexity index is 409. The quantitative estimate of drug-likeness (QED) is 0.916. The van der Waals surface area contributed by atoms with Gasteiger partial charge in [0, 0.05) is 13.6 Å². The van der Waals surface area contributed by atoms with Crippen LogP contribution in [0.25, 0.3) is 0 Å². The first-order valence-corrected chi connectivity index (χ1v) is 6.07. The van der Waals surface area contributed by atoms with Gasteiger partial charge in [-0.2, -0.15) is 0 Å². The number of carbonyl (C=O) groups is 1. The highest BCUT2D eigenvalue weighted by Crippen LogP contribution is 2.26. The zero-order valence-electron chi connectivity index (χ0n) is 10.1. The van der Waals surface area contributed by atoms with Crippen molar-refractivity contribution in [1.29, 1.82) is 0 Å². The average molecular weight is 275 g/mol. The van der Waals surface area contributed by atoms with Crippen LogP contribution in [0.4, 0.5) is 0 Å².